The Labute approximate surface area is 266 Å². The SMILES string of the molecule is C/C=C(/CCOCC(O)C1CCCNC1)c1c(CF)cc(O)cc1-c1ncc2c(=O)[nH]c(OCC34CCCN3CCC4)nc2c1F. The quantitative estimate of drug-likeness (QED) is 0.212. The fraction of sp³-hybridized carbons (Fsp3) is 0.559. The van der Waals surface area contributed by atoms with E-state index in [0.29, 0.717) is 24.2 Å². The molecule has 3 fully saturated rings. The number of allylic oxidation sites excluding steroid dienone is 1. The van der Waals surface area contributed by atoms with Crippen molar-refractivity contribution < 1.29 is 28.5 Å². The van der Waals surface area contributed by atoms with Crippen LogP contribution in [0.25, 0.3) is 27.7 Å². The van der Waals surface area contributed by atoms with Gasteiger partial charge in [0.05, 0.1) is 30.2 Å². The van der Waals surface area contributed by atoms with Crippen LogP contribution in [-0.2, 0) is 11.4 Å². The molecule has 1 aromatic carbocycles. The van der Waals surface area contributed by atoms with Crippen LogP contribution >= 0.6 is 0 Å². The van der Waals surface area contributed by atoms with Crippen molar-refractivity contribution in [2.45, 2.75) is 70.2 Å². The first-order chi connectivity index (χ1) is 22.3. The average molecular weight is 640 g/mol. The first-order valence-electron chi connectivity index (χ1n) is 16.3. The van der Waals surface area contributed by atoms with Gasteiger partial charge in [0.15, 0.2) is 5.82 Å². The molecule has 12 heteroatoms. The van der Waals surface area contributed by atoms with E-state index in [0.717, 1.165) is 64.7 Å². The molecule has 46 heavy (non-hydrogen) atoms. The van der Waals surface area contributed by atoms with Crippen LogP contribution in [-0.4, -0.2) is 87.7 Å². The van der Waals surface area contributed by atoms with Crippen molar-refractivity contribution in [1.29, 1.82) is 0 Å². The number of phenolic OH excluding ortho intramolecular Hbond substituents is 1. The van der Waals surface area contributed by atoms with E-state index in [2.05, 4.69) is 25.2 Å². The fourth-order valence-electron chi connectivity index (χ4n) is 7.47. The topological polar surface area (TPSA) is 133 Å². The van der Waals surface area contributed by atoms with Gasteiger partial charge in [-0.05, 0) is 106 Å². The van der Waals surface area contributed by atoms with Crippen LogP contribution in [0.1, 0.15) is 63.0 Å². The van der Waals surface area contributed by atoms with Crippen molar-refractivity contribution in [2.75, 3.05) is 46.0 Å². The van der Waals surface area contributed by atoms with Crippen LogP contribution in [0, 0.1) is 11.7 Å². The number of aromatic hydroxyl groups is 1. The summed E-state index contributed by atoms with van der Waals surface area (Å²) < 4.78 is 42.6. The second-order valence-electron chi connectivity index (χ2n) is 12.7. The predicted octanol–water partition coefficient (Wildman–Crippen LogP) is 4.48. The maximum absolute atomic E-state index is 16.4. The molecule has 0 aliphatic carbocycles. The van der Waals surface area contributed by atoms with Crippen LogP contribution in [0.3, 0.4) is 0 Å². The van der Waals surface area contributed by atoms with E-state index in [1.54, 1.807) is 13.0 Å². The number of alkyl halides is 1. The Kier molecular flexibility index (Phi) is 9.98. The number of fused-ring (bicyclic) bond motifs is 2. The molecule has 0 bridgehead atoms. The zero-order chi connectivity index (χ0) is 32.3. The number of H-pyrrole nitrogens is 1. The Bertz CT molecular complexity index is 1630. The third kappa shape index (κ3) is 6.53. The number of benzene rings is 1. The van der Waals surface area contributed by atoms with Crippen molar-refractivity contribution >= 4 is 16.5 Å². The van der Waals surface area contributed by atoms with E-state index in [-0.39, 0.29) is 64.2 Å². The van der Waals surface area contributed by atoms with Crippen molar-refractivity contribution in [3.05, 3.63) is 51.7 Å². The van der Waals surface area contributed by atoms with Gasteiger partial charge in [0.2, 0.25) is 0 Å². The molecule has 2 atom stereocenters. The molecule has 0 amide bonds. The molecule has 0 saturated carbocycles. The summed E-state index contributed by atoms with van der Waals surface area (Å²) in [5.41, 5.74) is 0.324. The highest BCUT2D eigenvalue weighted by molar-refractivity contribution is 5.88. The molecule has 248 valence electrons. The number of pyridine rings is 1. The molecule has 3 aliphatic heterocycles. The molecule has 4 N–H and O–H groups in total. The molecular formula is C34H43F2N5O5. The summed E-state index contributed by atoms with van der Waals surface area (Å²) in [6.45, 7) is 5.38. The molecule has 2 unspecified atom stereocenters. The summed E-state index contributed by atoms with van der Waals surface area (Å²) in [4.78, 5) is 26.6. The van der Waals surface area contributed by atoms with E-state index in [1.807, 2.05) is 0 Å². The highest BCUT2D eigenvalue weighted by Crippen LogP contribution is 2.40. The van der Waals surface area contributed by atoms with Gasteiger partial charge in [-0.1, -0.05) is 6.08 Å². The van der Waals surface area contributed by atoms with E-state index < -0.39 is 24.2 Å². The first-order valence-corrected chi connectivity index (χ1v) is 16.3. The average Bonchev–Trinajstić information content (AvgIpc) is 3.65. The Balaban J connectivity index is 1.27. The summed E-state index contributed by atoms with van der Waals surface area (Å²) in [6, 6.07) is 2.58. The number of piperidine rings is 1. The number of nitrogens with one attached hydrogen (secondary N) is 2. The number of hydrogen-bond donors (Lipinski definition) is 4. The van der Waals surface area contributed by atoms with Crippen molar-refractivity contribution in [2.24, 2.45) is 5.92 Å². The third-order valence-electron chi connectivity index (χ3n) is 9.92. The second-order valence-corrected chi connectivity index (χ2v) is 12.7. The van der Waals surface area contributed by atoms with E-state index in [1.165, 1.54) is 18.3 Å². The van der Waals surface area contributed by atoms with Crippen LogP contribution in [0.5, 0.6) is 11.8 Å². The minimum Gasteiger partial charge on any atom is -0.508 e. The number of phenols is 1. The number of aliphatic hydroxyl groups is 1. The lowest BCUT2D eigenvalue weighted by molar-refractivity contribution is 0.000526. The maximum Gasteiger partial charge on any atom is 0.297 e. The number of aliphatic hydroxyl groups excluding tert-OH is 1. The maximum atomic E-state index is 16.4. The standard InChI is InChI=1S/C34H43F2N5O5/c1-2-21(7-13-45-19-27(43)22-6-3-10-37-17-22)28-23(16-35)14-24(42)15-25(28)30-29(36)31-26(18-38-30)32(44)40-33(39-31)46-20-34-8-4-11-41(34)12-5-9-34/h2,14-15,18,22,27,37,42-43H,3-13,16-17,19-20H2,1H3,(H,39,40,44)/b21-2-. The summed E-state index contributed by atoms with van der Waals surface area (Å²) in [6.07, 6.45) is 8.91. The molecule has 10 nitrogen and oxygen atoms in total. The number of hydrogen-bond acceptors (Lipinski definition) is 9. The van der Waals surface area contributed by atoms with Gasteiger partial charge in [0.1, 0.15) is 30.2 Å². The Morgan fingerprint density at radius 3 is 2.78 bits per heavy atom. The number of halogens is 2. The molecule has 3 aromatic rings. The van der Waals surface area contributed by atoms with Gasteiger partial charge in [-0.25, -0.2) is 8.78 Å². The van der Waals surface area contributed by atoms with E-state index >= 15 is 4.39 Å². The zero-order valence-electron chi connectivity index (χ0n) is 26.3. The van der Waals surface area contributed by atoms with Gasteiger partial charge >= 0.3 is 0 Å². The number of ether oxygens (including phenoxy) is 2. The van der Waals surface area contributed by atoms with Gasteiger partial charge in [-0.3, -0.25) is 19.7 Å². The number of nitrogens with zero attached hydrogens (tertiary/aromatic N) is 3. The highest BCUT2D eigenvalue weighted by Gasteiger charge is 2.45. The largest absolute Gasteiger partial charge is 0.508 e. The zero-order valence-corrected chi connectivity index (χ0v) is 26.3. The Hall–Kier alpha value is -3.45. The minimum atomic E-state index is -0.911. The molecule has 0 radical (unpaired) electrons. The van der Waals surface area contributed by atoms with Crippen LogP contribution in [0.4, 0.5) is 8.78 Å². The minimum absolute atomic E-state index is 0.0473. The smallest absolute Gasteiger partial charge is 0.297 e. The lowest BCUT2D eigenvalue weighted by atomic mass is 9.90. The molecule has 3 saturated heterocycles. The Morgan fingerprint density at radius 2 is 2.07 bits per heavy atom. The van der Waals surface area contributed by atoms with E-state index in [9.17, 15) is 19.4 Å². The predicted molar refractivity (Wildman–Crippen MR) is 171 cm³/mol. The summed E-state index contributed by atoms with van der Waals surface area (Å²) in [5.74, 6) is -0.990. The van der Waals surface area contributed by atoms with Crippen LogP contribution < -0.4 is 15.6 Å². The monoisotopic (exact) mass is 639 g/mol. The molecule has 2 aromatic heterocycles. The molecule has 5 heterocycles. The fourth-order valence-corrected chi connectivity index (χ4v) is 7.47. The second kappa shape index (κ2) is 14.1. The van der Waals surface area contributed by atoms with Gasteiger partial charge in [-0.15, -0.1) is 0 Å². The van der Waals surface area contributed by atoms with Crippen molar-refractivity contribution in [3.8, 4) is 23.0 Å². The first kappa shape index (κ1) is 32.5. The number of aromatic amines is 1. The van der Waals surface area contributed by atoms with E-state index in [4.69, 9.17) is 9.47 Å². The van der Waals surface area contributed by atoms with Gasteiger partial charge in [-0.2, -0.15) is 4.98 Å². The lowest BCUT2D eigenvalue weighted by Gasteiger charge is -2.31. The lowest BCUT2D eigenvalue weighted by Crippen LogP contribution is -2.43. The number of rotatable bonds is 12. The van der Waals surface area contributed by atoms with Gasteiger partial charge < -0.3 is 25.0 Å². The summed E-state index contributed by atoms with van der Waals surface area (Å²) in [5, 5.41) is 24.3. The van der Waals surface area contributed by atoms with Crippen LogP contribution in [0.15, 0.2) is 29.2 Å². The molecule has 0 spiro atoms. The van der Waals surface area contributed by atoms with Crippen molar-refractivity contribution in [3.63, 3.8) is 0 Å². The van der Waals surface area contributed by atoms with Crippen LogP contribution in [0.2, 0.25) is 0 Å². The van der Waals surface area contributed by atoms with Crippen molar-refractivity contribution in [1.82, 2.24) is 25.2 Å². The van der Waals surface area contributed by atoms with Gasteiger partial charge in [0, 0.05) is 18.3 Å². The molecular weight excluding hydrogens is 596 g/mol. The Morgan fingerprint density at radius 1 is 1.26 bits per heavy atom. The normalized spacial score (nSPS) is 20.7. The van der Waals surface area contributed by atoms with Gasteiger partial charge in [0.25, 0.3) is 11.6 Å². The highest BCUT2D eigenvalue weighted by atomic mass is 19.1. The third-order valence-corrected chi connectivity index (χ3v) is 9.92. The molecule has 6 rings (SSSR count). The summed E-state index contributed by atoms with van der Waals surface area (Å²) >= 11 is 0. The summed E-state index contributed by atoms with van der Waals surface area (Å²) in [7, 11) is 0. The molecule has 3 aliphatic rings. The number of aromatic nitrogens is 3.